The summed E-state index contributed by atoms with van der Waals surface area (Å²) in [5.41, 5.74) is 7.11. The summed E-state index contributed by atoms with van der Waals surface area (Å²) in [6.07, 6.45) is 7.42. The molecule has 22 heavy (non-hydrogen) atoms. The lowest BCUT2D eigenvalue weighted by molar-refractivity contribution is -0.122. The minimum absolute atomic E-state index is 0. The first kappa shape index (κ1) is 17.3. The maximum Gasteiger partial charge on any atom is 0.237 e. The molecule has 2 bridgehead atoms. The Morgan fingerprint density at radius 3 is 2.64 bits per heavy atom. The number of halogens is 1. The van der Waals surface area contributed by atoms with E-state index in [1.807, 2.05) is 30.3 Å². The fraction of sp³-hybridized carbons (Fsp3) is 0.611. The van der Waals surface area contributed by atoms with E-state index in [0.717, 1.165) is 36.3 Å². The van der Waals surface area contributed by atoms with Gasteiger partial charge in [0.25, 0.3) is 0 Å². The predicted molar refractivity (Wildman–Crippen MR) is 91.9 cm³/mol. The largest absolute Gasteiger partial charge is 0.355 e. The number of benzene rings is 1. The molecule has 0 saturated heterocycles. The molecule has 4 atom stereocenters. The van der Waals surface area contributed by atoms with Gasteiger partial charge in [-0.15, -0.1) is 12.4 Å². The second-order valence-corrected chi connectivity index (χ2v) is 6.81. The zero-order valence-electron chi connectivity index (χ0n) is 13.0. The number of hydrogen-bond donors (Lipinski definition) is 2. The van der Waals surface area contributed by atoms with Crippen LogP contribution < -0.4 is 11.1 Å². The topological polar surface area (TPSA) is 55.1 Å². The molecule has 3 unspecified atom stereocenters. The Labute approximate surface area is 139 Å². The van der Waals surface area contributed by atoms with Crippen LogP contribution in [0, 0.1) is 17.8 Å². The highest BCUT2D eigenvalue weighted by Gasteiger charge is 2.38. The Morgan fingerprint density at radius 1 is 1.23 bits per heavy atom. The highest BCUT2D eigenvalue weighted by molar-refractivity contribution is 5.85. The number of rotatable bonds is 6. The van der Waals surface area contributed by atoms with Gasteiger partial charge in [0.05, 0.1) is 6.04 Å². The van der Waals surface area contributed by atoms with Gasteiger partial charge in [-0.25, -0.2) is 0 Å². The zero-order valence-corrected chi connectivity index (χ0v) is 13.9. The highest BCUT2D eigenvalue weighted by atomic mass is 35.5. The van der Waals surface area contributed by atoms with Gasteiger partial charge in [-0.3, -0.25) is 4.79 Å². The van der Waals surface area contributed by atoms with Crippen molar-refractivity contribution in [1.82, 2.24) is 5.32 Å². The van der Waals surface area contributed by atoms with E-state index in [9.17, 15) is 4.79 Å². The molecule has 0 spiro atoms. The summed E-state index contributed by atoms with van der Waals surface area (Å²) in [6, 6.07) is 9.53. The van der Waals surface area contributed by atoms with Gasteiger partial charge in [-0.2, -0.15) is 0 Å². The average molecular weight is 323 g/mol. The molecule has 1 aromatic rings. The maximum absolute atomic E-state index is 12.0. The summed E-state index contributed by atoms with van der Waals surface area (Å²) >= 11 is 0. The van der Waals surface area contributed by atoms with Gasteiger partial charge in [-0.05, 0) is 55.4 Å². The summed E-state index contributed by atoms with van der Waals surface area (Å²) in [6.45, 7) is 0.787. The monoisotopic (exact) mass is 322 g/mol. The van der Waals surface area contributed by atoms with Crippen LogP contribution in [0.15, 0.2) is 30.3 Å². The Bertz CT molecular complexity index is 479. The number of nitrogens with one attached hydrogen (secondary N) is 1. The van der Waals surface area contributed by atoms with E-state index in [2.05, 4.69) is 5.32 Å². The van der Waals surface area contributed by atoms with Crippen molar-refractivity contribution in [3.8, 4) is 0 Å². The summed E-state index contributed by atoms with van der Waals surface area (Å²) in [4.78, 5) is 12.0. The van der Waals surface area contributed by atoms with Gasteiger partial charge in [0.1, 0.15) is 0 Å². The Morgan fingerprint density at radius 2 is 2.00 bits per heavy atom. The van der Waals surface area contributed by atoms with Crippen molar-refractivity contribution in [1.29, 1.82) is 0 Å². The maximum atomic E-state index is 12.0. The smallest absolute Gasteiger partial charge is 0.237 e. The molecule has 2 aliphatic rings. The molecule has 4 heteroatoms. The van der Waals surface area contributed by atoms with Crippen molar-refractivity contribution >= 4 is 18.3 Å². The quantitative estimate of drug-likeness (QED) is 0.846. The molecular formula is C18H27ClN2O. The first-order valence-electron chi connectivity index (χ1n) is 8.29. The van der Waals surface area contributed by atoms with E-state index >= 15 is 0 Å². The summed E-state index contributed by atoms with van der Waals surface area (Å²) in [5.74, 6) is 2.75. The molecule has 2 saturated carbocycles. The van der Waals surface area contributed by atoms with Crippen LogP contribution in [0.5, 0.6) is 0 Å². The fourth-order valence-electron chi connectivity index (χ4n) is 4.20. The first-order valence-corrected chi connectivity index (χ1v) is 8.29. The number of carbonyl (C=O) groups is 1. The van der Waals surface area contributed by atoms with Crippen molar-refractivity contribution in [3.05, 3.63) is 35.9 Å². The van der Waals surface area contributed by atoms with Crippen LogP contribution in [-0.2, 0) is 11.2 Å². The molecule has 0 radical (unpaired) electrons. The molecule has 1 aromatic carbocycles. The fourth-order valence-corrected chi connectivity index (χ4v) is 4.20. The number of amides is 1. The van der Waals surface area contributed by atoms with Crippen molar-refractivity contribution in [2.45, 2.75) is 44.6 Å². The van der Waals surface area contributed by atoms with E-state index in [1.165, 1.54) is 25.7 Å². The molecule has 3 N–H and O–H groups in total. The lowest BCUT2D eigenvalue weighted by Gasteiger charge is -2.22. The Kier molecular flexibility index (Phi) is 6.27. The van der Waals surface area contributed by atoms with Crippen LogP contribution >= 0.6 is 12.4 Å². The minimum Gasteiger partial charge on any atom is -0.355 e. The van der Waals surface area contributed by atoms with Crippen LogP contribution in [0.4, 0.5) is 0 Å². The molecule has 3 nitrogen and oxygen atoms in total. The standard InChI is InChI=1S/C18H26N2O.ClH/c19-17(12-13-4-2-1-3-5-13)18(21)20-9-8-16-11-14-6-7-15(16)10-14;/h1-5,14-17H,6-12,19H2,(H,20,21);1H/t14?,15?,16?,17-;/m0./s1. The third kappa shape index (κ3) is 4.23. The molecule has 0 aromatic heterocycles. The predicted octanol–water partition coefficient (Wildman–Crippen LogP) is 2.92. The summed E-state index contributed by atoms with van der Waals surface area (Å²) in [7, 11) is 0. The third-order valence-corrected chi connectivity index (χ3v) is 5.33. The van der Waals surface area contributed by atoms with Crippen LogP contribution in [0.1, 0.15) is 37.7 Å². The first-order chi connectivity index (χ1) is 10.2. The minimum atomic E-state index is -0.438. The van der Waals surface area contributed by atoms with Crippen LogP contribution in [0.2, 0.25) is 0 Å². The molecule has 0 heterocycles. The molecule has 1 amide bonds. The Hall–Kier alpha value is -1.06. The Balaban J connectivity index is 0.00000176. The molecule has 2 aliphatic carbocycles. The van der Waals surface area contributed by atoms with Crippen LogP contribution in [-0.4, -0.2) is 18.5 Å². The van der Waals surface area contributed by atoms with Gasteiger partial charge in [0.15, 0.2) is 0 Å². The lowest BCUT2D eigenvalue weighted by atomic mass is 9.86. The summed E-state index contributed by atoms with van der Waals surface area (Å²) < 4.78 is 0. The molecular weight excluding hydrogens is 296 g/mol. The normalized spacial score (nSPS) is 27.2. The van der Waals surface area contributed by atoms with Gasteiger partial charge in [0, 0.05) is 6.54 Å². The van der Waals surface area contributed by atoms with Crippen LogP contribution in [0.25, 0.3) is 0 Å². The number of fused-ring (bicyclic) bond motifs is 2. The second kappa shape index (κ2) is 7.98. The van der Waals surface area contributed by atoms with E-state index < -0.39 is 6.04 Å². The van der Waals surface area contributed by atoms with E-state index in [1.54, 1.807) is 0 Å². The average Bonchev–Trinajstić information content (AvgIpc) is 3.11. The van der Waals surface area contributed by atoms with Crippen molar-refractivity contribution < 1.29 is 4.79 Å². The van der Waals surface area contributed by atoms with E-state index in [-0.39, 0.29) is 18.3 Å². The molecule has 0 aliphatic heterocycles. The van der Waals surface area contributed by atoms with Crippen molar-refractivity contribution in [2.24, 2.45) is 23.5 Å². The molecule has 122 valence electrons. The third-order valence-electron chi connectivity index (χ3n) is 5.33. The van der Waals surface area contributed by atoms with Gasteiger partial charge in [0.2, 0.25) is 5.91 Å². The lowest BCUT2D eigenvalue weighted by Crippen LogP contribution is -2.42. The van der Waals surface area contributed by atoms with Gasteiger partial charge >= 0.3 is 0 Å². The SMILES string of the molecule is Cl.N[C@@H](Cc1ccccc1)C(=O)NCCC1CC2CCC1C2. The van der Waals surface area contributed by atoms with Crippen molar-refractivity contribution in [2.75, 3.05) is 6.54 Å². The van der Waals surface area contributed by atoms with Crippen LogP contribution in [0.3, 0.4) is 0 Å². The summed E-state index contributed by atoms with van der Waals surface area (Å²) in [5, 5.41) is 3.03. The molecule has 2 fully saturated rings. The van der Waals surface area contributed by atoms with Gasteiger partial charge < -0.3 is 11.1 Å². The van der Waals surface area contributed by atoms with Gasteiger partial charge in [-0.1, -0.05) is 36.8 Å². The number of nitrogens with two attached hydrogens (primary N) is 1. The molecule has 3 rings (SSSR count). The van der Waals surface area contributed by atoms with E-state index in [0.29, 0.717) is 6.42 Å². The number of carbonyl (C=O) groups excluding carboxylic acids is 1. The number of hydrogen-bond acceptors (Lipinski definition) is 2. The zero-order chi connectivity index (χ0) is 14.7. The second-order valence-electron chi connectivity index (χ2n) is 6.81. The van der Waals surface area contributed by atoms with Crippen molar-refractivity contribution in [3.63, 3.8) is 0 Å². The van der Waals surface area contributed by atoms with E-state index in [4.69, 9.17) is 5.73 Å². The highest BCUT2D eigenvalue weighted by Crippen LogP contribution is 2.49.